The minimum atomic E-state index is -0.516. The van der Waals surface area contributed by atoms with Crippen LogP contribution in [0.5, 0.6) is 5.75 Å². The van der Waals surface area contributed by atoms with Crippen LogP contribution in [0, 0.1) is 6.92 Å². The predicted octanol–water partition coefficient (Wildman–Crippen LogP) is 5.34. The Balaban J connectivity index is 1.44. The summed E-state index contributed by atoms with van der Waals surface area (Å²) in [5, 5.41) is 14.4. The van der Waals surface area contributed by atoms with Gasteiger partial charge in [0.2, 0.25) is 11.0 Å². The number of nitrogens with one attached hydrogen (secondary N) is 2. The molecule has 3 aromatic carbocycles. The van der Waals surface area contributed by atoms with Gasteiger partial charge in [0, 0.05) is 10.6 Å². The second-order valence-electron chi connectivity index (χ2n) is 7.20. The highest BCUT2D eigenvalue weighted by molar-refractivity contribution is 8.00. The van der Waals surface area contributed by atoms with Crippen LogP contribution < -0.4 is 15.4 Å². The van der Waals surface area contributed by atoms with E-state index in [4.69, 9.17) is 4.74 Å². The number of anilines is 2. The highest BCUT2D eigenvalue weighted by atomic mass is 32.2. The lowest BCUT2D eigenvalue weighted by Crippen LogP contribution is -2.20. The molecule has 1 aromatic heterocycles. The number of aromatic nitrogens is 2. The fraction of sp³-hybridized carbons (Fsp3) is 0.120. The van der Waals surface area contributed by atoms with Gasteiger partial charge in [0.15, 0.2) is 6.61 Å². The molecule has 7 nitrogen and oxygen atoms in total. The summed E-state index contributed by atoms with van der Waals surface area (Å²) in [6.45, 7) is 1.74. The monoisotopic (exact) mass is 490 g/mol. The molecule has 4 rings (SSSR count). The molecular formula is C25H22N4O3S2. The van der Waals surface area contributed by atoms with Crippen molar-refractivity contribution >= 4 is 45.7 Å². The molecule has 0 aliphatic carbocycles. The smallest absolute Gasteiger partial charge is 0.262 e. The number of thioether (sulfide) groups is 1. The fourth-order valence-corrected chi connectivity index (χ4v) is 4.74. The SMILES string of the molecule is Cc1nnc(NC(=O)C(Sc2cccc(NC(=O)COc3ccccc3)c2)c2ccccc2)s1. The van der Waals surface area contributed by atoms with Gasteiger partial charge in [0.1, 0.15) is 16.0 Å². The van der Waals surface area contributed by atoms with Crippen molar-refractivity contribution in [3.63, 3.8) is 0 Å². The van der Waals surface area contributed by atoms with Gasteiger partial charge in [-0.25, -0.2) is 0 Å². The van der Waals surface area contributed by atoms with Crippen molar-refractivity contribution in [3.8, 4) is 5.75 Å². The number of amides is 2. The van der Waals surface area contributed by atoms with E-state index in [1.54, 1.807) is 18.2 Å². The second kappa shape index (κ2) is 11.4. The zero-order chi connectivity index (χ0) is 23.8. The summed E-state index contributed by atoms with van der Waals surface area (Å²) in [5.74, 6) is 0.164. The minimum Gasteiger partial charge on any atom is -0.484 e. The second-order valence-corrected chi connectivity index (χ2v) is 9.56. The molecule has 0 aliphatic heterocycles. The lowest BCUT2D eigenvalue weighted by atomic mass is 10.1. The summed E-state index contributed by atoms with van der Waals surface area (Å²) in [6.07, 6.45) is 0. The van der Waals surface area contributed by atoms with E-state index in [-0.39, 0.29) is 18.4 Å². The number of hydrogen-bond donors (Lipinski definition) is 2. The third-order valence-electron chi connectivity index (χ3n) is 4.58. The maximum Gasteiger partial charge on any atom is 0.262 e. The van der Waals surface area contributed by atoms with Gasteiger partial charge in [-0.1, -0.05) is 65.9 Å². The summed E-state index contributed by atoms with van der Waals surface area (Å²) in [6, 6.07) is 26.1. The van der Waals surface area contributed by atoms with Gasteiger partial charge in [-0.3, -0.25) is 14.9 Å². The first-order chi connectivity index (χ1) is 16.6. The van der Waals surface area contributed by atoms with Crippen molar-refractivity contribution in [1.29, 1.82) is 0 Å². The van der Waals surface area contributed by atoms with E-state index in [0.29, 0.717) is 16.6 Å². The molecule has 172 valence electrons. The van der Waals surface area contributed by atoms with Crippen LogP contribution in [0.15, 0.2) is 89.8 Å². The zero-order valence-corrected chi connectivity index (χ0v) is 19.9. The highest BCUT2D eigenvalue weighted by Crippen LogP contribution is 2.37. The van der Waals surface area contributed by atoms with E-state index in [9.17, 15) is 9.59 Å². The summed E-state index contributed by atoms with van der Waals surface area (Å²) in [7, 11) is 0. The van der Waals surface area contributed by atoms with Gasteiger partial charge in [-0.15, -0.1) is 22.0 Å². The molecule has 0 spiro atoms. The summed E-state index contributed by atoms with van der Waals surface area (Å²) in [4.78, 5) is 26.3. The van der Waals surface area contributed by atoms with Gasteiger partial charge in [0.25, 0.3) is 5.91 Å². The molecule has 2 N–H and O–H groups in total. The van der Waals surface area contributed by atoms with Crippen molar-refractivity contribution < 1.29 is 14.3 Å². The predicted molar refractivity (Wildman–Crippen MR) is 135 cm³/mol. The molecule has 0 saturated carbocycles. The van der Waals surface area contributed by atoms with Gasteiger partial charge in [-0.05, 0) is 42.8 Å². The average Bonchev–Trinajstić information content (AvgIpc) is 3.27. The molecule has 2 amide bonds. The minimum absolute atomic E-state index is 0.0995. The number of nitrogens with zero attached hydrogens (tertiary/aromatic N) is 2. The van der Waals surface area contributed by atoms with Gasteiger partial charge < -0.3 is 10.1 Å². The molecule has 1 heterocycles. The van der Waals surface area contributed by atoms with Crippen LogP contribution >= 0.6 is 23.1 Å². The topological polar surface area (TPSA) is 93.2 Å². The largest absolute Gasteiger partial charge is 0.484 e. The number of rotatable bonds is 9. The first-order valence-corrected chi connectivity index (χ1v) is 12.2. The lowest BCUT2D eigenvalue weighted by Gasteiger charge is -2.16. The molecule has 0 fully saturated rings. The Hall–Kier alpha value is -3.69. The van der Waals surface area contributed by atoms with Gasteiger partial charge in [0.05, 0.1) is 0 Å². The number of para-hydroxylation sites is 1. The fourth-order valence-electron chi connectivity index (χ4n) is 3.06. The zero-order valence-electron chi connectivity index (χ0n) is 18.3. The highest BCUT2D eigenvalue weighted by Gasteiger charge is 2.23. The van der Waals surface area contributed by atoms with Crippen molar-refractivity contribution in [2.45, 2.75) is 17.1 Å². The molecule has 9 heteroatoms. The standard InChI is InChI=1S/C25H22N4O3S2/c1-17-28-29-25(33-17)27-24(31)23(18-9-4-2-5-10-18)34-21-14-8-11-19(15-21)26-22(30)16-32-20-12-6-3-7-13-20/h2-15,23H,16H2,1H3,(H,26,30)(H,27,29,31). The van der Waals surface area contributed by atoms with Crippen molar-refractivity contribution in [1.82, 2.24) is 10.2 Å². The first kappa shape index (κ1) is 23.5. The average molecular weight is 491 g/mol. The number of hydrogen-bond acceptors (Lipinski definition) is 7. The summed E-state index contributed by atoms with van der Waals surface area (Å²) < 4.78 is 5.50. The first-order valence-electron chi connectivity index (χ1n) is 10.5. The van der Waals surface area contributed by atoms with E-state index < -0.39 is 5.25 Å². The van der Waals surface area contributed by atoms with Crippen LogP contribution in [0.3, 0.4) is 0 Å². The molecule has 0 aliphatic rings. The summed E-state index contributed by atoms with van der Waals surface area (Å²) in [5.41, 5.74) is 1.48. The number of aryl methyl sites for hydroxylation is 1. The van der Waals surface area contributed by atoms with Crippen LogP contribution in [0.1, 0.15) is 15.8 Å². The van der Waals surface area contributed by atoms with Crippen LogP contribution in [0.4, 0.5) is 10.8 Å². The normalized spacial score (nSPS) is 11.4. The van der Waals surface area contributed by atoms with E-state index in [1.165, 1.54) is 23.1 Å². The van der Waals surface area contributed by atoms with Crippen molar-refractivity contribution in [2.75, 3.05) is 17.2 Å². The van der Waals surface area contributed by atoms with Gasteiger partial charge >= 0.3 is 0 Å². The van der Waals surface area contributed by atoms with Crippen LogP contribution in [0.25, 0.3) is 0 Å². The molecular weight excluding hydrogens is 468 g/mol. The molecule has 0 saturated heterocycles. The van der Waals surface area contributed by atoms with E-state index in [0.717, 1.165) is 15.5 Å². The van der Waals surface area contributed by atoms with E-state index in [1.807, 2.05) is 73.7 Å². The Bertz CT molecular complexity index is 1250. The number of benzene rings is 3. The quantitative estimate of drug-likeness (QED) is 0.308. The molecule has 0 radical (unpaired) electrons. The third kappa shape index (κ3) is 6.66. The maximum absolute atomic E-state index is 13.1. The molecule has 34 heavy (non-hydrogen) atoms. The number of ether oxygens (including phenoxy) is 1. The molecule has 1 atom stereocenters. The Kier molecular flexibility index (Phi) is 7.90. The van der Waals surface area contributed by atoms with Crippen molar-refractivity contribution in [2.24, 2.45) is 0 Å². The number of carbonyl (C=O) groups excluding carboxylic acids is 2. The van der Waals surface area contributed by atoms with Crippen molar-refractivity contribution in [3.05, 3.63) is 95.5 Å². The van der Waals surface area contributed by atoms with E-state index >= 15 is 0 Å². The van der Waals surface area contributed by atoms with Crippen LogP contribution in [0.2, 0.25) is 0 Å². The van der Waals surface area contributed by atoms with E-state index in [2.05, 4.69) is 20.8 Å². The van der Waals surface area contributed by atoms with Crippen LogP contribution in [-0.2, 0) is 9.59 Å². The molecule has 1 unspecified atom stereocenters. The molecule has 0 bridgehead atoms. The Morgan fingerprint density at radius 3 is 2.38 bits per heavy atom. The summed E-state index contributed by atoms with van der Waals surface area (Å²) >= 11 is 2.71. The third-order valence-corrected chi connectivity index (χ3v) is 6.58. The number of carbonyl (C=O) groups is 2. The maximum atomic E-state index is 13.1. The Morgan fingerprint density at radius 2 is 1.68 bits per heavy atom. The lowest BCUT2D eigenvalue weighted by molar-refractivity contribution is -0.118. The molecule has 4 aromatic rings. The van der Waals surface area contributed by atoms with Crippen LogP contribution in [-0.4, -0.2) is 28.6 Å². The van der Waals surface area contributed by atoms with Gasteiger partial charge in [-0.2, -0.15) is 0 Å². The Morgan fingerprint density at radius 1 is 0.941 bits per heavy atom. The Labute approximate surface area is 205 Å².